The summed E-state index contributed by atoms with van der Waals surface area (Å²) in [5.74, 6) is -0.889. The van der Waals surface area contributed by atoms with Crippen molar-refractivity contribution in [3.8, 4) is 0 Å². The summed E-state index contributed by atoms with van der Waals surface area (Å²) in [4.78, 5) is 21.6. The van der Waals surface area contributed by atoms with E-state index in [1.165, 1.54) is 31.2 Å². The number of benzene rings is 2. The van der Waals surface area contributed by atoms with Crippen LogP contribution in [0.1, 0.15) is 17.3 Å². The maximum Gasteiger partial charge on any atom is 0.269 e. The SMILES string of the molecule is CC(=O)c1c(F)cccc1NCCNc1ccc([N+](=O)[O-])cc1. The first-order chi connectivity index (χ1) is 11.0. The van der Waals surface area contributed by atoms with E-state index < -0.39 is 10.7 Å². The van der Waals surface area contributed by atoms with Gasteiger partial charge in [0, 0.05) is 36.6 Å². The lowest BCUT2D eigenvalue weighted by atomic mass is 10.1. The average Bonchev–Trinajstić information content (AvgIpc) is 2.51. The number of nitrogens with one attached hydrogen (secondary N) is 2. The Morgan fingerprint density at radius 2 is 1.78 bits per heavy atom. The van der Waals surface area contributed by atoms with E-state index in [1.54, 1.807) is 18.2 Å². The van der Waals surface area contributed by atoms with E-state index in [9.17, 15) is 19.3 Å². The third-order valence-electron chi connectivity index (χ3n) is 3.21. The molecule has 0 saturated heterocycles. The van der Waals surface area contributed by atoms with Crippen molar-refractivity contribution in [3.63, 3.8) is 0 Å². The van der Waals surface area contributed by atoms with Gasteiger partial charge in [-0.05, 0) is 31.2 Å². The van der Waals surface area contributed by atoms with Crippen LogP contribution in [0.3, 0.4) is 0 Å². The first kappa shape index (κ1) is 16.4. The summed E-state index contributed by atoms with van der Waals surface area (Å²) < 4.78 is 13.6. The molecule has 0 aliphatic carbocycles. The highest BCUT2D eigenvalue weighted by molar-refractivity contribution is 5.99. The first-order valence-corrected chi connectivity index (χ1v) is 7.00. The molecule has 0 saturated carbocycles. The minimum Gasteiger partial charge on any atom is -0.383 e. The van der Waals surface area contributed by atoms with Crippen LogP contribution in [0.5, 0.6) is 0 Å². The van der Waals surface area contributed by atoms with Crippen molar-refractivity contribution in [1.29, 1.82) is 0 Å². The van der Waals surface area contributed by atoms with Crippen LogP contribution in [-0.2, 0) is 0 Å². The lowest BCUT2D eigenvalue weighted by Gasteiger charge is -2.12. The van der Waals surface area contributed by atoms with E-state index in [1.807, 2.05) is 0 Å². The third kappa shape index (κ3) is 4.26. The number of nitrogens with zero attached hydrogens (tertiary/aromatic N) is 1. The van der Waals surface area contributed by atoms with Crippen LogP contribution in [0.25, 0.3) is 0 Å². The number of anilines is 2. The van der Waals surface area contributed by atoms with Gasteiger partial charge < -0.3 is 10.6 Å². The molecule has 2 N–H and O–H groups in total. The van der Waals surface area contributed by atoms with Gasteiger partial charge in [0.2, 0.25) is 0 Å². The molecule has 23 heavy (non-hydrogen) atoms. The van der Waals surface area contributed by atoms with Crippen molar-refractivity contribution in [2.24, 2.45) is 0 Å². The predicted molar refractivity (Wildman–Crippen MR) is 86.5 cm³/mol. The first-order valence-electron chi connectivity index (χ1n) is 7.00. The van der Waals surface area contributed by atoms with Crippen molar-refractivity contribution in [1.82, 2.24) is 0 Å². The third-order valence-corrected chi connectivity index (χ3v) is 3.21. The number of nitro benzene ring substituents is 1. The number of ketones is 1. The Morgan fingerprint density at radius 3 is 2.39 bits per heavy atom. The van der Waals surface area contributed by atoms with E-state index in [4.69, 9.17) is 0 Å². The van der Waals surface area contributed by atoms with Crippen molar-refractivity contribution in [3.05, 3.63) is 64.0 Å². The fourth-order valence-electron chi connectivity index (χ4n) is 2.13. The predicted octanol–water partition coefficient (Wildman–Crippen LogP) is 3.46. The van der Waals surface area contributed by atoms with E-state index in [0.29, 0.717) is 18.8 Å². The molecule has 7 heteroatoms. The number of hydrogen-bond donors (Lipinski definition) is 2. The highest BCUT2D eigenvalue weighted by Gasteiger charge is 2.12. The Labute approximate surface area is 132 Å². The zero-order valence-corrected chi connectivity index (χ0v) is 12.5. The van der Waals surface area contributed by atoms with Crippen molar-refractivity contribution in [2.75, 3.05) is 23.7 Å². The van der Waals surface area contributed by atoms with E-state index in [0.717, 1.165) is 5.69 Å². The zero-order chi connectivity index (χ0) is 16.8. The molecule has 2 rings (SSSR count). The summed E-state index contributed by atoms with van der Waals surface area (Å²) in [6.07, 6.45) is 0. The Kier molecular flexibility index (Phi) is 5.24. The van der Waals surface area contributed by atoms with Crippen molar-refractivity contribution >= 4 is 22.8 Å². The van der Waals surface area contributed by atoms with Crippen LogP contribution >= 0.6 is 0 Å². The number of halogens is 1. The summed E-state index contributed by atoms with van der Waals surface area (Å²) in [5, 5.41) is 16.6. The van der Waals surface area contributed by atoms with Crippen LogP contribution in [0.4, 0.5) is 21.5 Å². The van der Waals surface area contributed by atoms with E-state index in [2.05, 4.69) is 10.6 Å². The van der Waals surface area contributed by atoms with Crippen LogP contribution in [0.2, 0.25) is 0 Å². The highest BCUT2D eigenvalue weighted by Crippen LogP contribution is 2.19. The minimum atomic E-state index is -0.550. The molecule has 2 aromatic rings. The number of rotatable bonds is 7. The van der Waals surface area contributed by atoms with Crippen molar-refractivity contribution in [2.45, 2.75) is 6.92 Å². The molecule has 0 amide bonds. The Hall–Kier alpha value is -2.96. The molecule has 0 heterocycles. The number of carbonyl (C=O) groups excluding carboxylic acids is 1. The van der Waals surface area contributed by atoms with Gasteiger partial charge in [-0.1, -0.05) is 6.07 Å². The molecule has 0 aromatic heterocycles. The van der Waals surface area contributed by atoms with Gasteiger partial charge in [0.05, 0.1) is 10.5 Å². The quantitative estimate of drug-likeness (QED) is 0.353. The molecule has 0 spiro atoms. The summed E-state index contributed by atoms with van der Waals surface area (Å²) in [7, 11) is 0. The van der Waals surface area contributed by atoms with Gasteiger partial charge in [0.1, 0.15) is 5.82 Å². The lowest BCUT2D eigenvalue weighted by Crippen LogP contribution is -2.15. The van der Waals surface area contributed by atoms with Gasteiger partial charge >= 0.3 is 0 Å². The molecule has 120 valence electrons. The number of non-ortho nitro benzene ring substituents is 1. The van der Waals surface area contributed by atoms with E-state index in [-0.39, 0.29) is 17.0 Å². The highest BCUT2D eigenvalue weighted by atomic mass is 19.1. The topological polar surface area (TPSA) is 84.3 Å². The lowest BCUT2D eigenvalue weighted by molar-refractivity contribution is -0.384. The van der Waals surface area contributed by atoms with Gasteiger partial charge in [-0.15, -0.1) is 0 Å². The van der Waals surface area contributed by atoms with E-state index >= 15 is 0 Å². The monoisotopic (exact) mass is 317 g/mol. The minimum absolute atomic E-state index is 0.0273. The molecular formula is C16H16FN3O3. The van der Waals surface area contributed by atoms with Crippen LogP contribution in [-0.4, -0.2) is 23.8 Å². The molecule has 2 aromatic carbocycles. The molecule has 0 fully saturated rings. The standard InChI is InChI=1S/C16H16FN3O3/c1-11(21)16-14(17)3-2-4-15(16)19-10-9-18-12-5-7-13(8-6-12)20(22)23/h2-8,18-19H,9-10H2,1H3. The van der Waals surface area contributed by atoms with Gasteiger partial charge in [-0.25, -0.2) is 4.39 Å². The molecule has 0 aliphatic rings. The normalized spacial score (nSPS) is 10.2. The second kappa shape index (κ2) is 7.35. The number of nitro groups is 1. The molecule has 0 radical (unpaired) electrons. The molecule has 0 aliphatic heterocycles. The maximum absolute atomic E-state index is 13.6. The second-order valence-electron chi connectivity index (χ2n) is 4.88. The fourth-order valence-corrected chi connectivity index (χ4v) is 2.13. The molecule has 6 nitrogen and oxygen atoms in total. The number of carbonyl (C=O) groups is 1. The number of Topliss-reactive ketones (excluding diaryl/α,β-unsaturated/α-hetero) is 1. The van der Waals surface area contributed by atoms with Crippen LogP contribution in [0, 0.1) is 15.9 Å². The van der Waals surface area contributed by atoms with Gasteiger partial charge in [0.15, 0.2) is 5.78 Å². The van der Waals surface area contributed by atoms with Gasteiger partial charge in [0.25, 0.3) is 5.69 Å². The maximum atomic E-state index is 13.6. The number of hydrogen-bond acceptors (Lipinski definition) is 5. The molecule has 0 bridgehead atoms. The average molecular weight is 317 g/mol. The Balaban J connectivity index is 1.90. The summed E-state index contributed by atoms with van der Waals surface area (Å²) in [6, 6.07) is 10.5. The molecule has 0 unspecified atom stereocenters. The zero-order valence-electron chi connectivity index (χ0n) is 12.5. The molecular weight excluding hydrogens is 301 g/mol. The summed E-state index contributed by atoms with van der Waals surface area (Å²) in [6.45, 7) is 2.28. The van der Waals surface area contributed by atoms with Crippen LogP contribution in [0.15, 0.2) is 42.5 Å². The summed E-state index contributed by atoms with van der Waals surface area (Å²) in [5.41, 5.74) is 1.26. The second-order valence-corrected chi connectivity index (χ2v) is 4.88. The largest absolute Gasteiger partial charge is 0.383 e. The molecule has 0 atom stereocenters. The Bertz CT molecular complexity index is 717. The summed E-state index contributed by atoms with van der Waals surface area (Å²) >= 11 is 0. The van der Waals surface area contributed by atoms with Gasteiger partial charge in [-0.3, -0.25) is 14.9 Å². The fraction of sp³-hybridized carbons (Fsp3) is 0.188. The van der Waals surface area contributed by atoms with Crippen LogP contribution < -0.4 is 10.6 Å². The van der Waals surface area contributed by atoms with Gasteiger partial charge in [-0.2, -0.15) is 0 Å². The smallest absolute Gasteiger partial charge is 0.269 e. The van der Waals surface area contributed by atoms with Crippen molar-refractivity contribution < 1.29 is 14.1 Å². The Morgan fingerprint density at radius 1 is 1.13 bits per heavy atom.